The van der Waals surface area contributed by atoms with E-state index in [1.165, 1.54) is 0 Å². The quantitative estimate of drug-likeness (QED) is 0.696. The number of hydrogen-bond donors (Lipinski definition) is 2. The lowest BCUT2D eigenvalue weighted by molar-refractivity contribution is -0.138. The van der Waals surface area contributed by atoms with Gasteiger partial charge in [0, 0.05) is 23.2 Å². The molecule has 1 aliphatic carbocycles. The molecule has 1 saturated heterocycles. The second kappa shape index (κ2) is 9.10. The van der Waals surface area contributed by atoms with Gasteiger partial charge in [-0.15, -0.1) is 0 Å². The van der Waals surface area contributed by atoms with Gasteiger partial charge in [0.25, 0.3) is 0 Å². The number of amides is 2. The Hall–Kier alpha value is -2.51. The minimum absolute atomic E-state index is 0.00207. The van der Waals surface area contributed by atoms with Crippen molar-refractivity contribution in [3.8, 4) is 0 Å². The van der Waals surface area contributed by atoms with E-state index in [0.717, 1.165) is 11.3 Å². The normalized spacial score (nSPS) is 23.5. The first kappa shape index (κ1) is 20.8. The Morgan fingerprint density at radius 3 is 2.80 bits per heavy atom. The highest BCUT2D eigenvalue weighted by atomic mass is 35.5. The van der Waals surface area contributed by atoms with Crippen LogP contribution in [-0.4, -0.2) is 32.9 Å². The van der Waals surface area contributed by atoms with E-state index in [-0.39, 0.29) is 29.7 Å². The predicted molar refractivity (Wildman–Crippen MR) is 118 cm³/mol. The first-order valence-corrected chi connectivity index (χ1v) is 10.8. The third-order valence-electron chi connectivity index (χ3n) is 5.81. The maximum absolute atomic E-state index is 13.1. The molecule has 4 rings (SSSR count). The number of benzene rings is 1. The van der Waals surface area contributed by atoms with Crippen molar-refractivity contribution in [3.05, 3.63) is 64.9 Å². The summed E-state index contributed by atoms with van der Waals surface area (Å²) < 4.78 is 0. The lowest BCUT2D eigenvalue weighted by Crippen LogP contribution is -2.61. The number of pyridine rings is 1. The summed E-state index contributed by atoms with van der Waals surface area (Å²) in [6.07, 6.45) is 3.62. The lowest BCUT2D eigenvalue weighted by Gasteiger charge is -2.43. The minimum Gasteiger partial charge on any atom is -0.359 e. The van der Waals surface area contributed by atoms with Gasteiger partial charge in [-0.1, -0.05) is 35.9 Å². The van der Waals surface area contributed by atoms with Crippen molar-refractivity contribution in [2.75, 3.05) is 0 Å². The van der Waals surface area contributed by atoms with Gasteiger partial charge in [0.15, 0.2) is 5.11 Å². The molecule has 3 atom stereocenters. The van der Waals surface area contributed by atoms with Crippen molar-refractivity contribution in [3.63, 3.8) is 0 Å². The average molecular weight is 443 g/mol. The fourth-order valence-electron chi connectivity index (χ4n) is 4.17. The van der Waals surface area contributed by atoms with Crippen LogP contribution in [0.5, 0.6) is 0 Å². The largest absolute Gasteiger partial charge is 0.359 e. The molecule has 2 N–H and O–H groups in total. The number of aromatic nitrogens is 1. The van der Waals surface area contributed by atoms with E-state index < -0.39 is 0 Å². The summed E-state index contributed by atoms with van der Waals surface area (Å²) in [4.78, 5) is 31.6. The molecule has 6 nitrogen and oxygen atoms in total. The maximum Gasteiger partial charge on any atom is 0.234 e. The summed E-state index contributed by atoms with van der Waals surface area (Å²) in [5.41, 5.74) is 1.68. The Kier molecular flexibility index (Phi) is 6.29. The predicted octanol–water partition coefficient (Wildman–Crippen LogP) is 3.05. The first-order valence-electron chi connectivity index (χ1n) is 10.1. The monoisotopic (exact) mass is 442 g/mol. The molecule has 2 aromatic rings. The Bertz CT molecular complexity index is 955. The van der Waals surface area contributed by atoms with Crippen molar-refractivity contribution in [2.45, 2.75) is 38.4 Å². The first-order chi connectivity index (χ1) is 14.5. The van der Waals surface area contributed by atoms with E-state index in [0.29, 0.717) is 42.5 Å². The highest BCUT2D eigenvalue weighted by molar-refractivity contribution is 7.80. The van der Waals surface area contributed by atoms with Crippen LogP contribution in [0.25, 0.3) is 0 Å². The molecular weight excluding hydrogens is 420 g/mol. The van der Waals surface area contributed by atoms with E-state index in [1.807, 2.05) is 36.4 Å². The molecule has 0 spiro atoms. The smallest absolute Gasteiger partial charge is 0.234 e. The molecule has 156 valence electrons. The third kappa shape index (κ3) is 4.47. The number of halogens is 1. The van der Waals surface area contributed by atoms with Gasteiger partial charge < -0.3 is 10.6 Å². The number of thiocarbonyl (C=S) groups is 1. The number of hydrogen-bond acceptors (Lipinski definition) is 4. The van der Waals surface area contributed by atoms with Crippen LogP contribution in [-0.2, 0) is 22.7 Å². The van der Waals surface area contributed by atoms with Gasteiger partial charge in [0.05, 0.1) is 24.7 Å². The zero-order chi connectivity index (χ0) is 21.1. The summed E-state index contributed by atoms with van der Waals surface area (Å²) in [6.45, 7) is 0.752. The van der Waals surface area contributed by atoms with E-state index in [2.05, 4.69) is 15.6 Å². The van der Waals surface area contributed by atoms with Gasteiger partial charge in [-0.3, -0.25) is 19.5 Å². The molecule has 3 unspecified atom stereocenters. The molecule has 1 aliphatic heterocycles. The fourth-order valence-corrected chi connectivity index (χ4v) is 4.67. The molecule has 1 saturated carbocycles. The summed E-state index contributed by atoms with van der Waals surface area (Å²) in [7, 11) is 0. The van der Waals surface area contributed by atoms with Crippen LogP contribution in [0.2, 0.25) is 5.02 Å². The van der Waals surface area contributed by atoms with Crippen LogP contribution in [0.1, 0.15) is 30.5 Å². The summed E-state index contributed by atoms with van der Waals surface area (Å²) in [6, 6.07) is 13.0. The molecule has 1 aromatic heterocycles. The Balaban J connectivity index is 1.37. The van der Waals surface area contributed by atoms with Crippen LogP contribution >= 0.6 is 23.8 Å². The van der Waals surface area contributed by atoms with Crippen LogP contribution in [0.15, 0.2) is 48.7 Å². The van der Waals surface area contributed by atoms with E-state index >= 15 is 0 Å². The minimum atomic E-state index is -0.181. The van der Waals surface area contributed by atoms with Crippen molar-refractivity contribution in [1.29, 1.82) is 0 Å². The molecule has 2 fully saturated rings. The summed E-state index contributed by atoms with van der Waals surface area (Å²) in [5, 5.41) is 7.27. The molecule has 0 radical (unpaired) electrons. The number of carbonyl (C=O) groups is 2. The van der Waals surface area contributed by atoms with Crippen molar-refractivity contribution >= 4 is 40.7 Å². The molecule has 2 amide bonds. The van der Waals surface area contributed by atoms with Crippen molar-refractivity contribution < 1.29 is 9.59 Å². The summed E-state index contributed by atoms with van der Waals surface area (Å²) >= 11 is 11.7. The molecule has 2 heterocycles. The molecule has 0 bridgehead atoms. The van der Waals surface area contributed by atoms with Gasteiger partial charge >= 0.3 is 0 Å². The van der Waals surface area contributed by atoms with Gasteiger partial charge in [-0.2, -0.15) is 0 Å². The molecule has 8 heteroatoms. The molecule has 30 heavy (non-hydrogen) atoms. The molecule has 1 aromatic carbocycles. The fraction of sp³-hybridized carbons (Fsp3) is 0.364. The second-order valence-electron chi connectivity index (χ2n) is 7.73. The van der Waals surface area contributed by atoms with E-state index in [9.17, 15) is 9.59 Å². The second-order valence-corrected chi connectivity index (χ2v) is 8.52. The zero-order valence-electron chi connectivity index (χ0n) is 16.4. The maximum atomic E-state index is 13.1. The van der Waals surface area contributed by atoms with Gasteiger partial charge in [-0.05, 0) is 55.2 Å². The number of rotatable bonds is 5. The lowest BCUT2D eigenvalue weighted by atomic mass is 9.76. The van der Waals surface area contributed by atoms with Crippen LogP contribution in [0, 0.1) is 11.8 Å². The van der Waals surface area contributed by atoms with E-state index in [1.54, 1.807) is 17.2 Å². The van der Waals surface area contributed by atoms with Crippen LogP contribution in [0.3, 0.4) is 0 Å². The van der Waals surface area contributed by atoms with Crippen molar-refractivity contribution in [1.82, 2.24) is 20.5 Å². The number of nitrogens with zero attached hydrogens (tertiary/aromatic N) is 2. The van der Waals surface area contributed by atoms with E-state index in [4.69, 9.17) is 23.8 Å². The highest BCUT2D eigenvalue weighted by Crippen LogP contribution is 2.34. The standard InChI is InChI=1S/C22H23ClN4O2S/c23-18-7-2-1-5-15(18)13-27-21(29)17-9-8-14(11-19(17)26-22(27)30)20(28)25-12-16-6-3-4-10-24-16/h1-7,10,14,17,19H,8-9,11-13H2,(H,25,28)(H,26,30). The van der Waals surface area contributed by atoms with Crippen molar-refractivity contribution in [2.24, 2.45) is 11.8 Å². The van der Waals surface area contributed by atoms with Crippen LogP contribution < -0.4 is 10.6 Å². The molecule has 2 aliphatic rings. The number of nitrogens with one attached hydrogen (secondary N) is 2. The third-order valence-corrected chi connectivity index (χ3v) is 6.52. The molecular formula is C22H23ClN4O2S. The Morgan fingerprint density at radius 2 is 2.03 bits per heavy atom. The zero-order valence-corrected chi connectivity index (χ0v) is 18.0. The number of carbonyl (C=O) groups excluding carboxylic acids is 2. The highest BCUT2D eigenvalue weighted by Gasteiger charge is 2.44. The van der Waals surface area contributed by atoms with Gasteiger partial charge in [0.2, 0.25) is 11.8 Å². The Morgan fingerprint density at radius 1 is 1.23 bits per heavy atom. The average Bonchev–Trinajstić information content (AvgIpc) is 2.76. The number of fused-ring (bicyclic) bond motifs is 1. The Labute approximate surface area is 186 Å². The van der Waals surface area contributed by atoms with Gasteiger partial charge in [0.1, 0.15) is 0 Å². The van der Waals surface area contributed by atoms with Crippen LogP contribution in [0.4, 0.5) is 0 Å². The topological polar surface area (TPSA) is 74.3 Å². The SMILES string of the molecule is O=C(NCc1ccccn1)C1CCC2C(=O)N(Cc3ccccc3Cl)C(=S)NC2C1. The van der Waals surface area contributed by atoms with Gasteiger partial charge in [-0.25, -0.2) is 0 Å². The summed E-state index contributed by atoms with van der Waals surface area (Å²) in [5.74, 6) is -0.319.